The minimum absolute atomic E-state index is 0.0214. The second kappa shape index (κ2) is 10.4. The first kappa shape index (κ1) is 27.7. The van der Waals surface area contributed by atoms with E-state index in [-0.39, 0.29) is 6.42 Å². The van der Waals surface area contributed by atoms with E-state index < -0.39 is 53.3 Å². The van der Waals surface area contributed by atoms with Crippen LogP contribution in [0.3, 0.4) is 0 Å². The normalized spacial score (nSPS) is 28.9. The number of allylic oxidation sites excluding steroid dienone is 2. The topological polar surface area (TPSA) is 108 Å². The molecule has 0 amide bonds. The van der Waals surface area contributed by atoms with Crippen LogP contribution in [-0.2, 0) is 33.3 Å². The molecule has 2 aliphatic rings. The highest BCUT2D eigenvalue weighted by atomic mass is 16.7. The van der Waals surface area contributed by atoms with Crippen molar-refractivity contribution >= 4 is 17.7 Å². The van der Waals surface area contributed by atoms with Crippen LogP contribution in [0, 0.1) is 5.92 Å². The molecule has 1 N–H and O–H groups in total. The number of aliphatic hydroxyl groups is 1. The highest BCUT2D eigenvalue weighted by Crippen LogP contribution is 2.49. The van der Waals surface area contributed by atoms with E-state index in [0.29, 0.717) is 22.3 Å². The third-order valence-electron chi connectivity index (χ3n) is 6.48. The van der Waals surface area contributed by atoms with Crippen LogP contribution in [0.2, 0.25) is 0 Å². The fourth-order valence-electron chi connectivity index (χ4n) is 4.04. The fraction of sp³-hybridized carbons (Fsp3) is 0.577. The van der Waals surface area contributed by atoms with Gasteiger partial charge in [-0.25, -0.2) is 9.59 Å². The molecule has 0 spiro atoms. The molecular formula is C26H36O8. The smallest absolute Gasteiger partial charge is 0.333 e. The molecule has 0 bridgehead atoms. The van der Waals surface area contributed by atoms with Crippen molar-refractivity contribution < 1.29 is 38.4 Å². The van der Waals surface area contributed by atoms with E-state index in [2.05, 4.69) is 6.58 Å². The van der Waals surface area contributed by atoms with Gasteiger partial charge in [0.15, 0.2) is 0 Å². The van der Waals surface area contributed by atoms with Crippen LogP contribution < -0.4 is 0 Å². The molecular weight excluding hydrogens is 440 g/mol. The van der Waals surface area contributed by atoms with E-state index in [1.54, 1.807) is 52.8 Å². The van der Waals surface area contributed by atoms with Crippen molar-refractivity contribution in [3.63, 3.8) is 0 Å². The van der Waals surface area contributed by atoms with Gasteiger partial charge in [-0.2, -0.15) is 0 Å². The van der Waals surface area contributed by atoms with Crippen molar-refractivity contribution in [3.05, 3.63) is 47.1 Å². The Morgan fingerprint density at radius 1 is 1.24 bits per heavy atom. The molecule has 1 saturated heterocycles. The van der Waals surface area contributed by atoms with Crippen LogP contribution in [0.5, 0.6) is 0 Å². The second-order valence-electron chi connectivity index (χ2n) is 9.31. The summed E-state index contributed by atoms with van der Waals surface area (Å²) in [6.45, 7) is 15.5. The third kappa shape index (κ3) is 5.24. The number of ether oxygens (including phenoxy) is 4. The molecule has 0 aromatic rings. The van der Waals surface area contributed by atoms with Crippen LogP contribution in [0.4, 0.5) is 0 Å². The number of carbonyl (C=O) groups excluding carboxylic acids is 3. The molecule has 2 rings (SSSR count). The van der Waals surface area contributed by atoms with Crippen molar-refractivity contribution in [2.24, 2.45) is 5.92 Å². The van der Waals surface area contributed by atoms with Crippen molar-refractivity contribution in [1.29, 1.82) is 0 Å². The monoisotopic (exact) mass is 476 g/mol. The molecule has 188 valence electrons. The van der Waals surface area contributed by atoms with Gasteiger partial charge in [-0.1, -0.05) is 18.7 Å². The zero-order valence-corrected chi connectivity index (χ0v) is 21.3. The molecule has 0 aromatic carbocycles. The number of rotatable bonds is 8. The summed E-state index contributed by atoms with van der Waals surface area (Å²) in [5.41, 5.74) is 0.178. The third-order valence-corrected chi connectivity index (χ3v) is 6.48. The van der Waals surface area contributed by atoms with Gasteiger partial charge in [-0.3, -0.25) is 4.79 Å². The first-order valence-corrected chi connectivity index (χ1v) is 11.3. The Hall–Kier alpha value is -2.55. The number of carbonyl (C=O) groups is 3. The van der Waals surface area contributed by atoms with Crippen molar-refractivity contribution in [2.75, 3.05) is 7.11 Å². The van der Waals surface area contributed by atoms with Gasteiger partial charge in [0.1, 0.15) is 12.2 Å². The number of hydrogen-bond acceptors (Lipinski definition) is 8. The zero-order valence-electron chi connectivity index (χ0n) is 21.3. The van der Waals surface area contributed by atoms with Crippen LogP contribution in [0.25, 0.3) is 0 Å². The standard InChI is InChI=1S/C26H36O8/c1-10-14(3)23(28)32-19-12-16(5)22(27)26(31-9)21(19)17(6)18(34-26)13-20(25(7,8)30)33-24(29)15(4)11-2/h10-12,18-21,30H,6,13H2,1-5,7-9H3/b14-10-,15-11-/t18-,19-,20?,21+,26+/m1/s1. The summed E-state index contributed by atoms with van der Waals surface area (Å²) in [5, 5.41) is 10.7. The molecule has 8 nitrogen and oxygen atoms in total. The summed E-state index contributed by atoms with van der Waals surface area (Å²) < 4.78 is 23.1. The molecule has 1 aliphatic heterocycles. The highest BCUT2D eigenvalue weighted by Gasteiger charge is 2.62. The van der Waals surface area contributed by atoms with Crippen LogP contribution in [0.15, 0.2) is 47.1 Å². The quantitative estimate of drug-likeness (QED) is 0.323. The fourth-order valence-corrected chi connectivity index (χ4v) is 4.04. The summed E-state index contributed by atoms with van der Waals surface area (Å²) in [6.07, 6.45) is 2.20. The number of methoxy groups -OCH3 is 1. The number of ketones is 1. The molecule has 0 aromatic heterocycles. The lowest BCUT2D eigenvalue weighted by molar-refractivity contribution is -0.235. The van der Waals surface area contributed by atoms with Gasteiger partial charge < -0.3 is 24.1 Å². The van der Waals surface area contributed by atoms with Gasteiger partial charge in [0.25, 0.3) is 0 Å². The predicted molar refractivity (Wildman–Crippen MR) is 126 cm³/mol. The van der Waals surface area contributed by atoms with Crippen molar-refractivity contribution in [2.45, 2.75) is 84.6 Å². The van der Waals surface area contributed by atoms with Gasteiger partial charge in [0, 0.05) is 24.7 Å². The molecule has 1 unspecified atom stereocenters. The van der Waals surface area contributed by atoms with E-state index in [9.17, 15) is 19.5 Å². The minimum atomic E-state index is -1.75. The lowest BCUT2D eigenvalue weighted by Crippen LogP contribution is -2.54. The Morgan fingerprint density at radius 2 is 1.79 bits per heavy atom. The Labute approximate surface area is 201 Å². The van der Waals surface area contributed by atoms with Gasteiger partial charge in [0.2, 0.25) is 11.6 Å². The number of fused-ring (bicyclic) bond motifs is 1. The van der Waals surface area contributed by atoms with Crippen LogP contribution in [0.1, 0.15) is 54.9 Å². The molecule has 34 heavy (non-hydrogen) atoms. The van der Waals surface area contributed by atoms with Gasteiger partial charge >= 0.3 is 11.9 Å². The van der Waals surface area contributed by atoms with E-state index in [1.807, 2.05) is 0 Å². The number of esters is 2. The summed E-state index contributed by atoms with van der Waals surface area (Å²) in [5.74, 6) is -4.07. The van der Waals surface area contributed by atoms with E-state index in [4.69, 9.17) is 18.9 Å². The predicted octanol–water partition coefficient (Wildman–Crippen LogP) is 3.35. The number of hydrogen-bond donors (Lipinski definition) is 1. The largest absolute Gasteiger partial charge is 0.456 e. The van der Waals surface area contributed by atoms with Crippen LogP contribution >= 0.6 is 0 Å². The molecule has 1 aliphatic carbocycles. The minimum Gasteiger partial charge on any atom is -0.456 e. The SMILES string of the molecule is C=C1[C@@H](CC(OC(=O)/C(C)=C\C)C(C)(C)O)O[C@]2(OC)C(=O)C(C)=C[C@@H](OC(=O)/C(C)=C\C)[C@H]12. The summed E-state index contributed by atoms with van der Waals surface area (Å²) in [7, 11) is 1.35. The lowest BCUT2D eigenvalue weighted by Gasteiger charge is -2.38. The first-order chi connectivity index (χ1) is 15.7. The summed E-state index contributed by atoms with van der Waals surface area (Å²) in [6, 6.07) is 0. The molecule has 8 heteroatoms. The Balaban J connectivity index is 2.42. The average molecular weight is 477 g/mol. The Morgan fingerprint density at radius 3 is 2.29 bits per heavy atom. The van der Waals surface area contributed by atoms with Crippen molar-refractivity contribution in [1.82, 2.24) is 0 Å². The summed E-state index contributed by atoms with van der Waals surface area (Å²) in [4.78, 5) is 38.1. The number of Topliss-reactive ketones (excluding diaryl/α,β-unsaturated/α-hetero) is 1. The molecule has 1 fully saturated rings. The van der Waals surface area contributed by atoms with Gasteiger partial charge in [-0.05, 0) is 65.7 Å². The Bertz CT molecular complexity index is 948. The summed E-state index contributed by atoms with van der Waals surface area (Å²) >= 11 is 0. The average Bonchev–Trinajstić information content (AvgIpc) is 3.07. The maximum atomic E-state index is 13.2. The Kier molecular flexibility index (Phi) is 8.45. The second-order valence-corrected chi connectivity index (χ2v) is 9.31. The maximum Gasteiger partial charge on any atom is 0.333 e. The molecule has 5 atom stereocenters. The van der Waals surface area contributed by atoms with Crippen LogP contribution in [-0.4, -0.2) is 59.6 Å². The van der Waals surface area contributed by atoms with Crippen molar-refractivity contribution in [3.8, 4) is 0 Å². The zero-order chi connectivity index (χ0) is 26.0. The maximum absolute atomic E-state index is 13.2. The lowest BCUT2D eigenvalue weighted by atomic mass is 9.77. The van der Waals surface area contributed by atoms with E-state index in [0.717, 1.165) is 0 Å². The molecule has 0 saturated carbocycles. The highest BCUT2D eigenvalue weighted by molar-refractivity contribution is 6.02. The van der Waals surface area contributed by atoms with E-state index >= 15 is 0 Å². The van der Waals surface area contributed by atoms with E-state index in [1.165, 1.54) is 21.0 Å². The molecule has 1 heterocycles. The van der Waals surface area contributed by atoms with Gasteiger partial charge in [-0.15, -0.1) is 0 Å². The first-order valence-electron chi connectivity index (χ1n) is 11.3. The molecule has 0 radical (unpaired) electrons. The van der Waals surface area contributed by atoms with Gasteiger partial charge in [0.05, 0.1) is 17.6 Å².